The highest BCUT2D eigenvalue weighted by Crippen LogP contribution is 2.60. The van der Waals surface area contributed by atoms with E-state index in [-0.39, 0.29) is 11.5 Å². The number of hydrogen-bond acceptors (Lipinski definition) is 3. The van der Waals surface area contributed by atoms with E-state index in [0.717, 1.165) is 44.3 Å². The fourth-order valence-corrected chi connectivity index (χ4v) is 6.45. The predicted molar refractivity (Wildman–Crippen MR) is 110 cm³/mol. The van der Waals surface area contributed by atoms with Crippen molar-refractivity contribution in [2.24, 2.45) is 17.3 Å². The van der Waals surface area contributed by atoms with Gasteiger partial charge in [0.05, 0.1) is 6.10 Å². The van der Waals surface area contributed by atoms with E-state index >= 15 is 0 Å². The Balaban J connectivity index is 1.45. The molecule has 2 fully saturated rings. The molecule has 1 aromatic rings. The van der Waals surface area contributed by atoms with E-state index in [0.29, 0.717) is 11.8 Å². The van der Waals surface area contributed by atoms with Gasteiger partial charge in [-0.1, -0.05) is 26.8 Å². The smallest absolute Gasteiger partial charge is 0.119 e. The normalized spacial score (nSPS) is 34.9. The van der Waals surface area contributed by atoms with Crippen LogP contribution in [0.15, 0.2) is 18.2 Å². The maximum atomic E-state index is 10.5. The molecule has 0 saturated heterocycles. The number of aryl methyl sites for hydroxylation is 1. The van der Waals surface area contributed by atoms with Crippen LogP contribution in [-0.4, -0.2) is 42.4 Å². The van der Waals surface area contributed by atoms with Crippen LogP contribution in [-0.2, 0) is 6.42 Å². The Labute approximate surface area is 165 Å². The Hall–Kier alpha value is -1.06. The molecule has 0 heterocycles. The molecule has 0 unspecified atom stereocenters. The average Bonchev–Trinajstić information content (AvgIpc) is 3.00. The maximum Gasteiger partial charge on any atom is 0.119 e. The summed E-state index contributed by atoms with van der Waals surface area (Å²) in [6, 6.07) is 6.86. The van der Waals surface area contributed by atoms with Gasteiger partial charge in [0.2, 0.25) is 0 Å². The van der Waals surface area contributed by atoms with Gasteiger partial charge < -0.3 is 14.7 Å². The first-order valence-electron chi connectivity index (χ1n) is 11.2. The van der Waals surface area contributed by atoms with E-state index < -0.39 is 0 Å². The largest absolute Gasteiger partial charge is 0.492 e. The molecule has 3 heteroatoms. The number of likely N-dealkylation sites (N-methyl/N-ethyl adjacent to an activating group) is 1. The van der Waals surface area contributed by atoms with Crippen molar-refractivity contribution in [2.45, 2.75) is 71.3 Å². The highest BCUT2D eigenvalue weighted by atomic mass is 16.5. The van der Waals surface area contributed by atoms with Crippen molar-refractivity contribution < 1.29 is 9.84 Å². The van der Waals surface area contributed by atoms with Gasteiger partial charge in [0.1, 0.15) is 12.4 Å². The number of aliphatic hydroxyl groups excluding tert-OH is 1. The van der Waals surface area contributed by atoms with E-state index in [1.54, 1.807) is 5.56 Å². The fraction of sp³-hybridized carbons (Fsp3) is 0.750. The van der Waals surface area contributed by atoms with Crippen molar-refractivity contribution >= 4 is 0 Å². The van der Waals surface area contributed by atoms with Crippen LogP contribution in [0, 0.1) is 17.3 Å². The minimum Gasteiger partial charge on any atom is -0.492 e. The first-order chi connectivity index (χ1) is 13.1. The lowest BCUT2D eigenvalue weighted by Crippen LogP contribution is -2.43. The summed E-state index contributed by atoms with van der Waals surface area (Å²) in [5.41, 5.74) is 3.26. The summed E-state index contributed by atoms with van der Waals surface area (Å²) >= 11 is 0. The molecule has 0 amide bonds. The Morgan fingerprint density at radius 3 is 2.74 bits per heavy atom. The van der Waals surface area contributed by atoms with Crippen LogP contribution in [0.5, 0.6) is 5.75 Å². The monoisotopic (exact) mass is 371 g/mol. The summed E-state index contributed by atoms with van der Waals surface area (Å²) in [5.74, 6) is 3.21. The lowest BCUT2D eigenvalue weighted by Gasteiger charge is -2.50. The van der Waals surface area contributed by atoms with Gasteiger partial charge in [0.25, 0.3) is 0 Å². The number of nitrogens with zero attached hydrogens (tertiary/aromatic N) is 1. The Morgan fingerprint density at radius 2 is 1.96 bits per heavy atom. The lowest BCUT2D eigenvalue weighted by atomic mass is 9.55. The molecular formula is C24H37NO2. The van der Waals surface area contributed by atoms with Crippen molar-refractivity contribution in [2.75, 3.05) is 26.2 Å². The van der Waals surface area contributed by atoms with Gasteiger partial charge in [-0.2, -0.15) is 0 Å². The quantitative estimate of drug-likeness (QED) is 0.792. The summed E-state index contributed by atoms with van der Waals surface area (Å²) in [4.78, 5) is 2.40. The van der Waals surface area contributed by atoms with Crippen molar-refractivity contribution in [3.05, 3.63) is 29.3 Å². The summed E-state index contributed by atoms with van der Waals surface area (Å²) in [6.07, 6.45) is 7.04. The van der Waals surface area contributed by atoms with E-state index in [1.165, 1.54) is 37.7 Å². The zero-order valence-corrected chi connectivity index (χ0v) is 17.4. The average molecular weight is 372 g/mol. The Bertz CT molecular complexity index is 656. The van der Waals surface area contributed by atoms with Crippen LogP contribution < -0.4 is 4.74 Å². The second-order valence-corrected chi connectivity index (χ2v) is 9.29. The molecule has 2 saturated carbocycles. The molecule has 0 aromatic heterocycles. The fourth-order valence-electron chi connectivity index (χ4n) is 6.45. The molecule has 0 radical (unpaired) electrons. The number of benzene rings is 1. The predicted octanol–water partition coefficient (Wildman–Crippen LogP) is 4.62. The van der Waals surface area contributed by atoms with Gasteiger partial charge >= 0.3 is 0 Å². The van der Waals surface area contributed by atoms with Gasteiger partial charge in [-0.05, 0) is 98.0 Å². The van der Waals surface area contributed by atoms with E-state index in [2.05, 4.69) is 43.9 Å². The highest BCUT2D eigenvalue weighted by molar-refractivity contribution is 5.40. The zero-order chi connectivity index (χ0) is 19.0. The molecule has 0 bridgehead atoms. The molecule has 4 rings (SSSR count). The number of aliphatic hydroxyl groups is 1. The summed E-state index contributed by atoms with van der Waals surface area (Å²) in [7, 11) is 0. The van der Waals surface area contributed by atoms with Crippen molar-refractivity contribution in [1.82, 2.24) is 4.90 Å². The molecule has 1 N–H and O–H groups in total. The number of rotatable bonds is 6. The standard InChI is InChI=1S/C24H37NO2/c1-4-25(5-2)14-15-27-18-7-9-19-17(16-18)6-8-21-20(19)12-13-24(3)22(21)10-11-23(24)26/h7,9,16,20-23,26H,4-6,8,10-15H2,1-3H3/t20-,21-,22+,23+,24+/m0/s1. The lowest BCUT2D eigenvalue weighted by molar-refractivity contribution is -0.0226. The molecule has 3 aliphatic carbocycles. The van der Waals surface area contributed by atoms with Crippen LogP contribution >= 0.6 is 0 Å². The SMILES string of the molecule is CCN(CC)CCOc1ccc2c(c1)CC[C@@H]1[C@H]3CC[C@@H](O)[C@]3(C)CC[C@@H]21. The Morgan fingerprint density at radius 1 is 1.15 bits per heavy atom. The van der Waals surface area contributed by atoms with E-state index in [1.807, 2.05) is 0 Å². The van der Waals surface area contributed by atoms with Crippen LogP contribution in [0.3, 0.4) is 0 Å². The Kier molecular flexibility index (Phi) is 5.53. The van der Waals surface area contributed by atoms with E-state index in [9.17, 15) is 5.11 Å². The van der Waals surface area contributed by atoms with E-state index in [4.69, 9.17) is 4.74 Å². The molecule has 0 aliphatic heterocycles. The molecular weight excluding hydrogens is 334 g/mol. The molecule has 1 aromatic carbocycles. The van der Waals surface area contributed by atoms with Crippen LogP contribution in [0.25, 0.3) is 0 Å². The third-order valence-electron chi connectivity index (χ3n) is 8.22. The summed E-state index contributed by atoms with van der Waals surface area (Å²) < 4.78 is 6.07. The van der Waals surface area contributed by atoms with Gasteiger partial charge in [-0.15, -0.1) is 0 Å². The van der Waals surface area contributed by atoms with Gasteiger partial charge in [0, 0.05) is 6.54 Å². The first kappa shape index (κ1) is 19.3. The van der Waals surface area contributed by atoms with Gasteiger partial charge in [-0.25, -0.2) is 0 Å². The molecule has 3 nitrogen and oxygen atoms in total. The maximum absolute atomic E-state index is 10.5. The van der Waals surface area contributed by atoms with Crippen LogP contribution in [0.4, 0.5) is 0 Å². The van der Waals surface area contributed by atoms with Gasteiger partial charge in [-0.3, -0.25) is 0 Å². The van der Waals surface area contributed by atoms with Gasteiger partial charge in [0.15, 0.2) is 0 Å². The molecule has 150 valence electrons. The molecule has 27 heavy (non-hydrogen) atoms. The summed E-state index contributed by atoms with van der Waals surface area (Å²) in [5, 5.41) is 10.5. The molecule has 5 atom stereocenters. The number of fused-ring (bicyclic) bond motifs is 5. The summed E-state index contributed by atoms with van der Waals surface area (Å²) in [6.45, 7) is 10.7. The molecule has 0 spiro atoms. The number of hydrogen-bond donors (Lipinski definition) is 1. The van der Waals surface area contributed by atoms with Crippen LogP contribution in [0.2, 0.25) is 0 Å². The highest BCUT2D eigenvalue weighted by Gasteiger charge is 2.54. The van der Waals surface area contributed by atoms with Crippen LogP contribution in [0.1, 0.15) is 69.9 Å². The second kappa shape index (κ2) is 7.75. The first-order valence-corrected chi connectivity index (χ1v) is 11.2. The topological polar surface area (TPSA) is 32.7 Å². The second-order valence-electron chi connectivity index (χ2n) is 9.29. The minimum atomic E-state index is -0.0774. The minimum absolute atomic E-state index is 0.0774. The van der Waals surface area contributed by atoms with Crippen molar-refractivity contribution in [3.63, 3.8) is 0 Å². The third kappa shape index (κ3) is 3.42. The molecule has 3 aliphatic rings. The van der Waals surface area contributed by atoms with Crippen molar-refractivity contribution in [1.29, 1.82) is 0 Å². The zero-order valence-electron chi connectivity index (χ0n) is 17.4. The number of ether oxygens (including phenoxy) is 1. The third-order valence-corrected chi connectivity index (χ3v) is 8.22. The van der Waals surface area contributed by atoms with Crippen molar-refractivity contribution in [3.8, 4) is 5.75 Å².